The van der Waals surface area contributed by atoms with Gasteiger partial charge in [-0.1, -0.05) is 91.0 Å². The Morgan fingerprint density at radius 1 is 0.925 bits per heavy atom. The Kier molecular flexibility index (Phi) is 10.9. The molecule has 1 aliphatic heterocycles. The predicted molar refractivity (Wildman–Crippen MR) is 157 cm³/mol. The number of piperidine rings is 1. The van der Waals surface area contributed by atoms with Crippen molar-refractivity contribution >= 4 is 24.3 Å². The minimum atomic E-state index is -0.968. The Hall–Kier alpha value is -3.66. The van der Waals surface area contributed by atoms with Crippen molar-refractivity contribution in [2.75, 3.05) is 26.2 Å². The highest BCUT2D eigenvalue weighted by atomic mass is 35.5. The van der Waals surface area contributed by atoms with Crippen molar-refractivity contribution in [2.45, 2.75) is 50.0 Å². The molecule has 40 heavy (non-hydrogen) atoms. The van der Waals surface area contributed by atoms with Gasteiger partial charge in [-0.15, -0.1) is 12.4 Å². The van der Waals surface area contributed by atoms with Crippen molar-refractivity contribution in [1.82, 2.24) is 4.90 Å². The molecule has 3 aromatic carbocycles. The Morgan fingerprint density at radius 2 is 1.43 bits per heavy atom. The smallest absolute Gasteiger partial charge is 0.347 e. The Bertz CT molecular complexity index is 1230. The fourth-order valence-corrected chi connectivity index (χ4v) is 5.52. The molecule has 1 atom stereocenters. The Balaban J connectivity index is 0.00000441. The number of hydrogen-bond donors (Lipinski definition) is 0. The number of carbonyl (C=O) groups is 2. The highest BCUT2D eigenvalue weighted by Gasteiger charge is 2.46. The highest BCUT2D eigenvalue weighted by Crippen LogP contribution is 2.39. The first-order valence-electron chi connectivity index (χ1n) is 13.6. The van der Waals surface area contributed by atoms with E-state index in [2.05, 4.69) is 11.0 Å². The number of halogens is 1. The molecule has 0 radical (unpaired) electrons. The van der Waals surface area contributed by atoms with Gasteiger partial charge in [0, 0.05) is 6.54 Å². The van der Waals surface area contributed by atoms with Crippen LogP contribution in [0, 0.1) is 11.3 Å². The van der Waals surface area contributed by atoms with E-state index < -0.39 is 28.9 Å². The first-order chi connectivity index (χ1) is 18.9. The Morgan fingerprint density at radius 3 is 1.90 bits per heavy atom. The van der Waals surface area contributed by atoms with E-state index in [0.29, 0.717) is 38.9 Å². The maximum absolute atomic E-state index is 13.6. The summed E-state index contributed by atoms with van der Waals surface area (Å²) >= 11 is 0. The van der Waals surface area contributed by atoms with E-state index in [1.165, 1.54) is 0 Å². The molecule has 0 saturated carbocycles. The number of benzene rings is 3. The number of nitriles is 1. The molecule has 1 heterocycles. The van der Waals surface area contributed by atoms with E-state index in [1.54, 1.807) is 13.8 Å². The second kappa shape index (κ2) is 14.1. The van der Waals surface area contributed by atoms with Crippen molar-refractivity contribution in [3.8, 4) is 6.07 Å². The van der Waals surface area contributed by atoms with Gasteiger partial charge in [-0.25, -0.2) is 4.79 Å². The van der Waals surface area contributed by atoms with Crippen molar-refractivity contribution in [3.63, 3.8) is 0 Å². The molecule has 7 heteroatoms. The lowest BCUT2D eigenvalue weighted by molar-refractivity contribution is -0.171. The fraction of sp³-hybridized carbons (Fsp3) is 0.364. The zero-order chi connectivity index (χ0) is 27.7. The molecule has 1 unspecified atom stereocenters. The number of esters is 2. The average Bonchev–Trinajstić information content (AvgIpc) is 2.99. The van der Waals surface area contributed by atoms with Crippen LogP contribution in [-0.4, -0.2) is 49.2 Å². The van der Waals surface area contributed by atoms with Gasteiger partial charge in [0.05, 0.1) is 18.1 Å². The van der Waals surface area contributed by atoms with Gasteiger partial charge in [0.25, 0.3) is 0 Å². The molecule has 0 aliphatic carbocycles. The molecular weight excluding hydrogens is 524 g/mol. The number of nitrogens with zero attached hydrogens (tertiary/aromatic N) is 2. The standard InChI is InChI=1S/C33H36N2O4.ClH/c1-3-38-30(36)26(2)39-31(37)32(27-13-7-4-8-14-27)19-22-35(23-20-32)24-21-33(25-34,28-15-9-5-10-16-28)29-17-11-6-12-18-29;/h4-18,26H,3,19-24H2,1-2H3;1H. The van der Waals surface area contributed by atoms with Crippen LogP contribution in [0.2, 0.25) is 0 Å². The van der Waals surface area contributed by atoms with E-state index in [1.807, 2.05) is 91.0 Å². The van der Waals surface area contributed by atoms with Gasteiger partial charge >= 0.3 is 11.9 Å². The third kappa shape index (κ3) is 6.55. The average molecular weight is 561 g/mol. The summed E-state index contributed by atoms with van der Waals surface area (Å²) in [6, 6.07) is 32.2. The van der Waals surface area contributed by atoms with E-state index in [-0.39, 0.29) is 19.0 Å². The normalized spacial score (nSPS) is 15.6. The highest BCUT2D eigenvalue weighted by molar-refractivity contribution is 5.86. The Labute approximate surface area is 243 Å². The summed E-state index contributed by atoms with van der Waals surface area (Å²) in [6.45, 7) is 5.56. The van der Waals surface area contributed by atoms with Crippen LogP contribution in [0.15, 0.2) is 91.0 Å². The maximum Gasteiger partial charge on any atom is 0.347 e. The number of hydrogen-bond acceptors (Lipinski definition) is 6. The number of carbonyl (C=O) groups excluding carboxylic acids is 2. The lowest BCUT2D eigenvalue weighted by Gasteiger charge is -2.41. The van der Waals surface area contributed by atoms with Gasteiger partial charge in [-0.2, -0.15) is 5.26 Å². The van der Waals surface area contributed by atoms with Gasteiger partial charge in [0.2, 0.25) is 0 Å². The van der Waals surface area contributed by atoms with Crippen LogP contribution in [-0.2, 0) is 29.9 Å². The topological polar surface area (TPSA) is 79.6 Å². The van der Waals surface area contributed by atoms with Gasteiger partial charge in [-0.3, -0.25) is 4.79 Å². The summed E-state index contributed by atoms with van der Waals surface area (Å²) in [5.74, 6) is -0.935. The van der Waals surface area contributed by atoms with Gasteiger partial charge < -0.3 is 14.4 Å². The quantitative estimate of drug-likeness (QED) is 0.290. The van der Waals surface area contributed by atoms with Gasteiger partial charge in [-0.05, 0) is 62.9 Å². The maximum atomic E-state index is 13.6. The second-order valence-electron chi connectivity index (χ2n) is 10.1. The molecule has 1 fully saturated rings. The molecule has 0 aromatic heterocycles. The summed E-state index contributed by atoms with van der Waals surface area (Å²) in [4.78, 5) is 28.1. The SMILES string of the molecule is CCOC(=O)C(C)OC(=O)C1(c2ccccc2)CCN(CCC(C#N)(c2ccccc2)c2ccccc2)CC1.Cl. The van der Waals surface area contributed by atoms with E-state index in [0.717, 1.165) is 16.7 Å². The van der Waals surface area contributed by atoms with Crippen LogP contribution in [0.4, 0.5) is 0 Å². The second-order valence-corrected chi connectivity index (χ2v) is 10.1. The number of likely N-dealkylation sites (tertiary alicyclic amines) is 1. The first kappa shape index (κ1) is 30.9. The number of ether oxygens (including phenoxy) is 2. The molecule has 6 nitrogen and oxygen atoms in total. The largest absolute Gasteiger partial charge is 0.463 e. The molecule has 0 spiro atoms. The minimum absolute atomic E-state index is 0. The summed E-state index contributed by atoms with van der Waals surface area (Å²) in [5.41, 5.74) is 1.23. The summed E-state index contributed by atoms with van der Waals surface area (Å²) in [7, 11) is 0. The third-order valence-corrected chi connectivity index (χ3v) is 7.86. The van der Waals surface area contributed by atoms with Gasteiger partial charge in [0.1, 0.15) is 5.41 Å². The van der Waals surface area contributed by atoms with Crippen LogP contribution in [0.25, 0.3) is 0 Å². The number of rotatable bonds is 10. The molecule has 3 aromatic rings. The van der Waals surface area contributed by atoms with Gasteiger partial charge in [0.15, 0.2) is 6.10 Å². The minimum Gasteiger partial charge on any atom is -0.463 e. The molecule has 4 rings (SSSR count). The third-order valence-electron chi connectivity index (χ3n) is 7.86. The van der Waals surface area contributed by atoms with Crippen molar-refractivity contribution in [2.24, 2.45) is 0 Å². The fourth-order valence-electron chi connectivity index (χ4n) is 5.52. The van der Waals surface area contributed by atoms with Crippen molar-refractivity contribution < 1.29 is 19.1 Å². The van der Waals surface area contributed by atoms with Crippen LogP contribution >= 0.6 is 12.4 Å². The lowest BCUT2D eigenvalue weighted by Crippen LogP contribution is -2.50. The lowest BCUT2D eigenvalue weighted by atomic mass is 9.71. The van der Waals surface area contributed by atoms with Crippen LogP contribution in [0.1, 0.15) is 49.8 Å². The molecule has 0 bridgehead atoms. The zero-order valence-electron chi connectivity index (χ0n) is 23.1. The summed E-state index contributed by atoms with van der Waals surface area (Å²) in [6.07, 6.45) is 0.771. The zero-order valence-corrected chi connectivity index (χ0v) is 23.9. The van der Waals surface area contributed by atoms with Crippen LogP contribution < -0.4 is 0 Å². The van der Waals surface area contributed by atoms with Crippen molar-refractivity contribution in [3.05, 3.63) is 108 Å². The van der Waals surface area contributed by atoms with E-state index in [9.17, 15) is 14.9 Å². The molecule has 1 aliphatic rings. The molecule has 1 saturated heterocycles. The first-order valence-corrected chi connectivity index (χ1v) is 13.6. The molecule has 0 N–H and O–H groups in total. The summed E-state index contributed by atoms with van der Waals surface area (Å²) in [5, 5.41) is 10.5. The van der Waals surface area contributed by atoms with Crippen molar-refractivity contribution in [1.29, 1.82) is 5.26 Å². The molecule has 0 amide bonds. The molecular formula is C33H37ClN2O4. The predicted octanol–water partition coefficient (Wildman–Crippen LogP) is 5.84. The summed E-state index contributed by atoms with van der Waals surface area (Å²) < 4.78 is 10.7. The van der Waals surface area contributed by atoms with E-state index >= 15 is 0 Å². The van der Waals surface area contributed by atoms with Crippen LogP contribution in [0.5, 0.6) is 0 Å². The van der Waals surface area contributed by atoms with Crippen LogP contribution in [0.3, 0.4) is 0 Å². The monoisotopic (exact) mass is 560 g/mol. The van der Waals surface area contributed by atoms with E-state index in [4.69, 9.17) is 9.47 Å². The molecule has 210 valence electrons.